The average Bonchev–Trinajstić information content (AvgIpc) is 2.94. The molecule has 1 aromatic heterocycles. The molecule has 92 valence electrons. The van der Waals surface area contributed by atoms with E-state index in [9.17, 15) is 4.79 Å². The summed E-state index contributed by atoms with van der Waals surface area (Å²) in [7, 11) is 1.85. The van der Waals surface area contributed by atoms with Crippen LogP contribution in [0.5, 0.6) is 0 Å². The number of anilines is 1. The van der Waals surface area contributed by atoms with E-state index in [2.05, 4.69) is 15.7 Å². The number of hydrogen-bond acceptors (Lipinski definition) is 3. The average molecular weight is 234 g/mol. The Kier molecular flexibility index (Phi) is 2.43. The fraction of sp³-hybridized carbons (Fsp3) is 0.667. The van der Waals surface area contributed by atoms with E-state index in [4.69, 9.17) is 0 Å². The van der Waals surface area contributed by atoms with Crippen molar-refractivity contribution in [3.8, 4) is 0 Å². The summed E-state index contributed by atoms with van der Waals surface area (Å²) in [4.78, 5) is 12.2. The van der Waals surface area contributed by atoms with Crippen molar-refractivity contribution in [3.05, 3.63) is 11.8 Å². The number of rotatable bonds is 2. The van der Waals surface area contributed by atoms with Crippen LogP contribution in [0.1, 0.15) is 25.0 Å². The van der Waals surface area contributed by atoms with Crippen LogP contribution in [0, 0.1) is 12.8 Å². The van der Waals surface area contributed by atoms with Gasteiger partial charge in [0.25, 0.3) is 0 Å². The molecule has 5 nitrogen and oxygen atoms in total. The van der Waals surface area contributed by atoms with Crippen LogP contribution in [0.15, 0.2) is 6.07 Å². The molecule has 0 spiro atoms. The molecule has 3 rings (SSSR count). The van der Waals surface area contributed by atoms with Crippen LogP contribution in [-0.2, 0) is 11.8 Å². The summed E-state index contributed by atoms with van der Waals surface area (Å²) in [6.07, 6.45) is 3.33. The van der Waals surface area contributed by atoms with Gasteiger partial charge in [0.15, 0.2) is 0 Å². The topological polar surface area (TPSA) is 59.0 Å². The zero-order chi connectivity index (χ0) is 12.0. The number of carbonyl (C=O) groups excluding carboxylic acids is 1. The van der Waals surface area contributed by atoms with Gasteiger partial charge < -0.3 is 10.6 Å². The third-order valence-electron chi connectivity index (χ3n) is 3.89. The molecular weight excluding hydrogens is 216 g/mol. The molecule has 0 radical (unpaired) electrons. The SMILES string of the molecule is Cc1cc(NC(=O)C2CC3CCC2N3)n(C)n1. The first-order valence-electron chi connectivity index (χ1n) is 6.21. The number of carbonyl (C=O) groups is 1. The molecular formula is C12H18N4O. The summed E-state index contributed by atoms with van der Waals surface area (Å²) >= 11 is 0. The molecule has 2 saturated heterocycles. The van der Waals surface area contributed by atoms with Gasteiger partial charge in [-0.05, 0) is 26.2 Å². The van der Waals surface area contributed by atoms with E-state index in [0.29, 0.717) is 12.1 Å². The number of amides is 1. The largest absolute Gasteiger partial charge is 0.311 e. The number of aryl methyl sites for hydroxylation is 2. The molecule has 3 unspecified atom stereocenters. The van der Waals surface area contributed by atoms with Crippen LogP contribution in [0.4, 0.5) is 5.82 Å². The number of aromatic nitrogens is 2. The van der Waals surface area contributed by atoms with Crippen molar-refractivity contribution in [1.82, 2.24) is 15.1 Å². The third kappa shape index (κ3) is 1.84. The maximum Gasteiger partial charge on any atom is 0.230 e. The highest BCUT2D eigenvalue weighted by Gasteiger charge is 2.42. The predicted molar refractivity (Wildman–Crippen MR) is 64.6 cm³/mol. The lowest BCUT2D eigenvalue weighted by Crippen LogP contribution is -2.33. The Labute approximate surface area is 101 Å². The quantitative estimate of drug-likeness (QED) is 0.796. The van der Waals surface area contributed by atoms with E-state index in [1.807, 2.05) is 20.0 Å². The van der Waals surface area contributed by atoms with Crippen molar-refractivity contribution >= 4 is 11.7 Å². The lowest BCUT2D eigenvalue weighted by Gasteiger charge is -2.19. The second-order valence-electron chi connectivity index (χ2n) is 5.17. The van der Waals surface area contributed by atoms with Crippen LogP contribution < -0.4 is 10.6 Å². The van der Waals surface area contributed by atoms with Gasteiger partial charge in [-0.2, -0.15) is 5.10 Å². The lowest BCUT2D eigenvalue weighted by molar-refractivity contribution is -0.120. The molecule has 5 heteroatoms. The van der Waals surface area contributed by atoms with Crippen molar-refractivity contribution in [2.24, 2.45) is 13.0 Å². The fourth-order valence-electron chi connectivity index (χ4n) is 3.06. The van der Waals surface area contributed by atoms with Gasteiger partial charge in [0, 0.05) is 25.2 Å². The molecule has 3 heterocycles. The Bertz CT molecular complexity index is 453. The van der Waals surface area contributed by atoms with Gasteiger partial charge in [-0.3, -0.25) is 9.48 Å². The smallest absolute Gasteiger partial charge is 0.230 e. The highest BCUT2D eigenvalue weighted by Crippen LogP contribution is 2.33. The molecule has 2 N–H and O–H groups in total. The summed E-state index contributed by atoms with van der Waals surface area (Å²) in [6.45, 7) is 1.93. The second-order valence-corrected chi connectivity index (χ2v) is 5.17. The van der Waals surface area contributed by atoms with Gasteiger partial charge in [0.2, 0.25) is 5.91 Å². The maximum atomic E-state index is 12.2. The van der Waals surface area contributed by atoms with E-state index in [1.54, 1.807) is 4.68 Å². The van der Waals surface area contributed by atoms with E-state index in [-0.39, 0.29) is 11.8 Å². The second kappa shape index (κ2) is 3.84. The van der Waals surface area contributed by atoms with E-state index >= 15 is 0 Å². The molecule has 1 aromatic rings. The van der Waals surface area contributed by atoms with Crippen LogP contribution in [-0.4, -0.2) is 27.8 Å². The molecule has 0 aliphatic carbocycles. The molecule has 2 aliphatic rings. The Morgan fingerprint density at radius 1 is 1.59 bits per heavy atom. The van der Waals surface area contributed by atoms with Gasteiger partial charge in [0.1, 0.15) is 5.82 Å². The minimum absolute atomic E-state index is 0.129. The third-order valence-corrected chi connectivity index (χ3v) is 3.89. The molecule has 0 aromatic carbocycles. The van der Waals surface area contributed by atoms with Crippen molar-refractivity contribution in [3.63, 3.8) is 0 Å². The monoisotopic (exact) mass is 234 g/mol. The summed E-state index contributed by atoms with van der Waals surface area (Å²) in [5.74, 6) is 1.05. The Hall–Kier alpha value is -1.36. The molecule has 2 bridgehead atoms. The Balaban J connectivity index is 1.69. The molecule has 2 fully saturated rings. The molecule has 2 aliphatic heterocycles. The minimum Gasteiger partial charge on any atom is -0.311 e. The van der Waals surface area contributed by atoms with Crippen LogP contribution >= 0.6 is 0 Å². The van der Waals surface area contributed by atoms with E-state index < -0.39 is 0 Å². The number of hydrogen-bond donors (Lipinski definition) is 2. The normalized spacial score (nSPS) is 30.8. The Morgan fingerprint density at radius 3 is 2.94 bits per heavy atom. The number of nitrogens with one attached hydrogen (secondary N) is 2. The number of fused-ring (bicyclic) bond motifs is 2. The highest BCUT2D eigenvalue weighted by atomic mass is 16.2. The van der Waals surface area contributed by atoms with Crippen LogP contribution in [0.2, 0.25) is 0 Å². The van der Waals surface area contributed by atoms with Crippen LogP contribution in [0.25, 0.3) is 0 Å². The van der Waals surface area contributed by atoms with Crippen molar-refractivity contribution in [2.45, 2.75) is 38.3 Å². The maximum absolute atomic E-state index is 12.2. The fourth-order valence-corrected chi connectivity index (χ4v) is 3.06. The summed E-state index contributed by atoms with van der Waals surface area (Å²) < 4.78 is 1.72. The van der Waals surface area contributed by atoms with Gasteiger partial charge >= 0.3 is 0 Å². The molecule has 0 saturated carbocycles. The predicted octanol–water partition coefficient (Wildman–Crippen LogP) is 0.808. The molecule has 1 amide bonds. The first kappa shape index (κ1) is 10.8. The minimum atomic E-state index is 0.129. The van der Waals surface area contributed by atoms with Gasteiger partial charge in [-0.15, -0.1) is 0 Å². The van der Waals surface area contributed by atoms with Crippen LogP contribution in [0.3, 0.4) is 0 Å². The summed E-state index contributed by atoms with van der Waals surface area (Å²) in [5, 5.41) is 10.7. The van der Waals surface area contributed by atoms with Crippen molar-refractivity contribution in [1.29, 1.82) is 0 Å². The molecule has 3 atom stereocenters. The van der Waals surface area contributed by atoms with Gasteiger partial charge in [-0.25, -0.2) is 0 Å². The number of nitrogens with zero attached hydrogens (tertiary/aromatic N) is 2. The standard InChI is InChI=1S/C12H18N4O/c1-7-5-11(16(2)15-7)14-12(17)9-6-8-3-4-10(9)13-8/h5,8-10,13H,3-4,6H2,1-2H3,(H,14,17). The van der Waals surface area contributed by atoms with Crippen molar-refractivity contribution in [2.75, 3.05) is 5.32 Å². The van der Waals surface area contributed by atoms with Gasteiger partial charge in [0.05, 0.1) is 11.6 Å². The van der Waals surface area contributed by atoms with E-state index in [0.717, 1.165) is 24.4 Å². The first-order valence-corrected chi connectivity index (χ1v) is 6.21. The van der Waals surface area contributed by atoms with E-state index in [1.165, 1.54) is 6.42 Å². The Morgan fingerprint density at radius 2 is 2.41 bits per heavy atom. The highest BCUT2D eigenvalue weighted by molar-refractivity contribution is 5.92. The zero-order valence-electron chi connectivity index (χ0n) is 10.2. The molecule has 17 heavy (non-hydrogen) atoms. The van der Waals surface area contributed by atoms with Gasteiger partial charge in [-0.1, -0.05) is 0 Å². The van der Waals surface area contributed by atoms with Crippen molar-refractivity contribution < 1.29 is 4.79 Å². The first-order chi connectivity index (χ1) is 8.13. The summed E-state index contributed by atoms with van der Waals surface area (Å²) in [5.41, 5.74) is 0.925. The lowest BCUT2D eigenvalue weighted by atomic mass is 9.88. The summed E-state index contributed by atoms with van der Waals surface area (Å²) in [6, 6.07) is 2.84. The zero-order valence-corrected chi connectivity index (χ0v) is 10.2.